The van der Waals surface area contributed by atoms with Gasteiger partial charge in [0.2, 0.25) is 0 Å². The molecular weight excluding hydrogens is 238 g/mol. The summed E-state index contributed by atoms with van der Waals surface area (Å²) in [6.45, 7) is 6.69. The highest BCUT2D eigenvalue weighted by atomic mass is 15.2. The van der Waals surface area contributed by atoms with Gasteiger partial charge < -0.3 is 10.6 Å². The van der Waals surface area contributed by atoms with Crippen molar-refractivity contribution in [3.05, 3.63) is 18.1 Å². The summed E-state index contributed by atoms with van der Waals surface area (Å²) >= 11 is 0. The molecule has 0 aliphatic carbocycles. The van der Waals surface area contributed by atoms with Gasteiger partial charge in [0.15, 0.2) is 0 Å². The van der Waals surface area contributed by atoms with Gasteiger partial charge in [-0.15, -0.1) is 0 Å². The lowest BCUT2D eigenvalue weighted by atomic mass is 9.89. The molecule has 1 aromatic rings. The maximum Gasteiger partial charge on any atom is 0.147 e. The van der Waals surface area contributed by atoms with E-state index in [4.69, 9.17) is 11.1 Å². The van der Waals surface area contributed by atoms with E-state index in [0.717, 1.165) is 30.7 Å². The molecule has 0 radical (unpaired) electrons. The SMILES string of the molecule is CC(C)C1CCCN(c2cnc(C(=N)N)cn2)CC1. The molecule has 3 N–H and O–H groups in total. The summed E-state index contributed by atoms with van der Waals surface area (Å²) in [5.41, 5.74) is 5.83. The molecule has 1 aromatic heterocycles. The molecule has 1 aliphatic heterocycles. The van der Waals surface area contributed by atoms with Crippen LogP contribution < -0.4 is 10.6 Å². The van der Waals surface area contributed by atoms with E-state index in [1.165, 1.54) is 19.3 Å². The maximum absolute atomic E-state index is 7.32. The van der Waals surface area contributed by atoms with Crippen LogP contribution in [0, 0.1) is 17.2 Å². The molecule has 0 spiro atoms. The molecule has 1 aliphatic rings. The minimum absolute atomic E-state index is 0.0326. The van der Waals surface area contributed by atoms with Crippen LogP contribution in [0.25, 0.3) is 0 Å². The smallest absolute Gasteiger partial charge is 0.147 e. The lowest BCUT2D eigenvalue weighted by Gasteiger charge is -2.22. The molecule has 1 fully saturated rings. The first-order valence-electron chi connectivity index (χ1n) is 6.99. The van der Waals surface area contributed by atoms with Crippen molar-refractivity contribution in [2.75, 3.05) is 18.0 Å². The summed E-state index contributed by atoms with van der Waals surface area (Å²) in [7, 11) is 0. The predicted molar refractivity (Wildman–Crippen MR) is 77.4 cm³/mol. The minimum Gasteiger partial charge on any atom is -0.382 e. The molecule has 104 valence electrons. The molecule has 5 heteroatoms. The Morgan fingerprint density at radius 1 is 1.32 bits per heavy atom. The second kappa shape index (κ2) is 5.99. The number of nitrogens with two attached hydrogens (primary N) is 1. The van der Waals surface area contributed by atoms with Crippen LogP contribution in [-0.4, -0.2) is 28.9 Å². The zero-order valence-electron chi connectivity index (χ0n) is 11.8. The van der Waals surface area contributed by atoms with Crippen LogP contribution in [0.3, 0.4) is 0 Å². The lowest BCUT2D eigenvalue weighted by molar-refractivity contribution is 0.351. The number of nitrogen functional groups attached to an aromatic ring is 1. The Labute approximate surface area is 114 Å². The first kappa shape index (κ1) is 13.8. The monoisotopic (exact) mass is 261 g/mol. The van der Waals surface area contributed by atoms with Gasteiger partial charge in [-0.1, -0.05) is 13.8 Å². The van der Waals surface area contributed by atoms with Crippen molar-refractivity contribution in [2.45, 2.75) is 33.1 Å². The fraction of sp³-hybridized carbons (Fsp3) is 0.643. The molecule has 0 saturated carbocycles. The maximum atomic E-state index is 7.32. The van der Waals surface area contributed by atoms with Gasteiger partial charge >= 0.3 is 0 Å². The van der Waals surface area contributed by atoms with E-state index < -0.39 is 0 Å². The van der Waals surface area contributed by atoms with Gasteiger partial charge in [0.1, 0.15) is 17.3 Å². The third-order valence-corrected chi connectivity index (χ3v) is 3.95. The first-order chi connectivity index (χ1) is 9.08. The van der Waals surface area contributed by atoms with Gasteiger partial charge in [-0.3, -0.25) is 5.41 Å². The summed E-state index contributed by atoms with van der Waals surface area (Å²) in [6, 6.07) is 0. The van der Waals surface area contributed by atoms with Crippen LogP contribution in [0.4, 0.5) is 5.82 Å². The predicted octanol–water partition coefficient (Wildman–Crippen LogP) is 2.02. The Hall–Kier alpha value is -1.65. The van der Waals surface area contributed by atoms with E-state index in [1.54, 1.807) is 12.4 Å². The molecule has 1 atom stereocenters. The fourth-order valence-electron chi connectivity index (χ4n) is 2.64. The zero-order valence-corrected chi connectivity index (χ0v) is 11.8. The van der Waals surface area contributed by atoms with Crippen molar-refractivity contribution in [2.24, 2.45) is 17.6 Å². The number of aromatic nitrogens is 2. The van der Waals surface area contributed by atoms with Crippen molar-refractivity contribution >= 4 is 11.7 Å². The second-order valence-electron chi connectivity index (χ2n) is 5.60. The second-order valence-corrected chi connectivity index (χ2v) is 5.60. The van der Waals surface area contributed by atoms with Crippen LogP contribution in [0.2, 0.25) is 0 Å². The van der Waals surface area contributed by atoms with E-state index >= 15 is 0 Å². The average Bonchev–Trinajstić information content (AvgIpc) is 2.64. The lowest BCUT2D eigenvalue weighted by Crippen LogP contribution is -2.26. The van der Waals surface area contributed by atoms with Crippen LogP contribution >= 0.6 is 0 Å². The summed E-state index contributed by atoms with van der Waals surface area (Å²) in [5.74, 6) is 2.43. The third kappa shape index (κ3) is 3.43. The van der Waals surface area contributed by atoms with Gasteiger partial charge in [-0.25, -0.2) is 9.97 Å². The van der Waals surface area contributed by atoms with E-state index in [0.29, 0.717) is 5.69 Å². The molecule has 0 bridgehead atoms. The van der Waals surface area contributed by atoms with Crippen molar-refractivity contribution < 1.29 is 0 Å². The highest BCUT2D eigenvalue weighted by Gasteiger charge is 2.20. The highest BCUT2D eigenvalue weighted by molar-refractivity contribution is 5.92. The highest BCUT2D eigenvalue weighted by Crippen LogP contribution is 2.26. The van der Waals surface area contributed by atoms with E-state index in [9.17, 15) is 0 Å². The molecule has 5 nitrogen and oxygen atoms in total. The molecule has 2 heterocycles. The van der Waals surface area contributed by atoms with Crippen molar-refractivity contribution in [3.8, 4) is 0 Å². The Balaban J connectivity index is 2.03. The molecule has 1 saturated heterocycles. The molecule has 0 amide bonds. The van der Waals surface area contributed by atoms with Crippen molar-refractivity contribution in [3.63, 3.8) is 0 Å². The van der Waals surface area contributed by atoms with Gasteiger partial charge in [-0.2, -0.15) is 0 Å². The number of rotatable bonds is 3. The minimum atomic E-state index is -0.0326. The van der Waals surface area contributed by atoms with E-state index in [2.05, 4.69) is 28.7 Å². The summed E-state index contributed by atoms with van der Waals surface area (Å²) < 4.78 is 0. The van der Waals surface area contributed by atoms with Crippen LogP contribution in [-0.2, 0) is 0 Å². The topological polar surface area (TPSA) is 78.9 Å². The molecule has 19 heavy (non-hydrogen) atoms. The van der Waals surface area contributed by atoms with Crippen LogP contribution in [0.1, 0.15) is 38.8 Å². The largest absolute Gasteiger partial charge is 0.382 e. The summed E-state index contributed by atoms with van der Waals surface area (Å²) in [5, 5.41) is 7.32. The fourth-order valence-corrected chi connectivity index (χ4v) is 2.64. The number of hydrogen-bond acceptors (Lipinski definition) is 4. The molecule has 0 aromatic carbocycles. The number of nitrogens with one attached hydrogen (secondary N) is 1. The Bertz CT molecular complexity index is 426. The van der Waals surface area contributed by atoms with Crippen LogP contribution in [0.5, 0.6) is 0 Å². The third-order valence-electron chi connectivity index (χ3n) is 3.95. The zero-order chi connectivity index (χ0) is 13.8. The van der Waals surface area contributed by atoms with Crippen molar-refractivity contribution in [1.29, 1.82) is 5.41 Å². The van der Waals surface area contributed by atoms with Gasteiger partial charge in [0.05, 0.1) is 12.4 Å². The summed E-state index contributed by atoms with van der Waals surface area (Å²) in [6.07, 6.45) is 7.04. The van der Waals surface area contributed by atoms with Gasteiger partial charge in [-0.05, 0) is 31.1 Å². The van der Waals surface area contributed by atoms with Gasteiger partial charge in [0.25, 0.3) is 0 Å². The summed E-state index contributed by atoms with van der Waals surface area (Å²) in [4.78, 5) is 10.9. The molecular formula is C14H23N5. The quantitative estimate of drug-likeness (QED) is 0.644. The Kier molecular flexibility index (Phi) is 4.35. The standard InChI is InChI=1S/C14H23N5/c1-10(2)11-4-3-6-19(7-5-11)13-9-17-12(8-18-13)14(15)16/h8-11H,3-7H2,1-2H3,(H3,15,16). The number of anilines is 1. The normalized spacial score (nSPS) is 20.4. The van der Waals surface area contributed by atoms with Crippen molar-refractivity contribution in [1.82, 2.24) is 9.97 Å². The molecule has 1 unspecified atom stereocenters. The van der Waals surface area contributed by atoms with Gasteiger partial charge in [0, 0.05) is 13.1 Å². The Morgan fingerprint density at radius 3 is 2.68 bits per heavy atom. The van der Waals surface area contributed by atoms with E-state index in [-0.39, 0.29) is 5.84 Å². The first-order valence-corrected chi connectivity index (χ1v) is 6.99. The Morgan fingerprint density at radius 2 is 2.11 bits per heavy atom. The van der Waals surface area contributed by atoms with E-state index in [1.807, 2.05) is 0 Å². The molecule has 2 rings (SSSR count). The number of amidine groups is 1. The van der Waals surface area contributed by atoms with Crippen LogP contribution in [0.15, 0.2) is 12.4 Å². The number of hydrogen-bond donors (Lipinski definition) is 2. The average molecular weight is 261 g/mol. The number of nitrogens with zero attached hydrogens (tertiary/aromatic N) is 3.